The average molecular weight is 244 g/mol. The monoisotopic (exact) mass is 243 g/mol. The number of rotatable bonds is 3. The van der Waals surface area contributed by atoms with Crippen molar-refractivity contribution in [3.8, 4) is 0 Å². The van der Waals surface area contributed by atoms with Gasteiger partial charge in [-0.05, 0) is 25.0 Å². The SMILES string of the molecule is COC(=O)CC(N)c1ccc(C)cc1C.Cl. The molecule has 0 radical (unpaired) electrons. The van der Waals surface area contributed by atoms with E-state index in [1.807, 2.05) is 26.0 Å². The van der Waals surface area contributed by atoms with Gasteiger partial charge in [0.1, 0.15) is 0 Å². The molecule has 16 heavy (non-hydrogen) atoms. The number of carbonyl (C=O) groups excluding carboxylic acids is 1. The largest absolute Gasteiger partial charge is 0.469 e. The van der Waals surface area contributed by atoms with Gasteiger partial charge >= 0.3 is 5.97 Å². The minimum absolute atomic E-state index is 0. The van der Waals surface area contributed by atoms with E-state index in [0.29, 0.717) is 0 Å². The van der Waals surface area contributed by atoms with Crippen LogP contribution in [0.15, 0.2) is 18.2 Å². The van der Waals surface area contributed by atoms with Gasteiger partial charge in [-0.2, -0.15) is 0 Å². The van der Waals surface area contributed by atoms with Gasteiger partial charge in [-0.15, -0.1) is 12.4 Å². The number of hydrogen-bond donors (Lipinski definition) is 1. The van der Waals surface area contributed by atoms with E-state index >= 15 is 0 Å². The maximum Gasteiger partial charge on any atom is 0.307 e. The Balaban J connectivity index is 0.00000225. The Bertz CT molecular complexity index is 366. The quantitative estimate of drug-likeness (QED) is 0.829. The van der Waals surface area contributed by atoms with Crippen molar-refractivity contribution in [2.45, 2.75) is 26.3 Å². The summed E-state index contributed by atoms with van der Waals surface area (Å²) in [5.74, 6) is -0.275. The van der Waals surface area contributed by atoms with Crippen molar-refractivity contribution < 1.29 is 9.53 Å². The summed E-state index contributed by atoms with van der Waals surface area (Å²) in [6.07, 6.45) is 0.223. The van der Waals surface area contributed by atoms with E-state index in [2.05, 4.69) is 10.8 Å². The van der Waals surface area contributed by atoms with Crippen molar-refractivity contribution in [3.05, 3.63) is 34.9 Å². The minimum atomic E-state index is -0.280. The van der Waals surface area contributed by atoms with Crippen LogP contribution in [0, 0.1) is 13.8 Å². The van der Waals surface area contributed by atoms with Crippen molar-refractivity contribution >= 4 is 18.4 Å². The van der Waals surface area contributed by atoms with Crippen LogP contribution in [-0.4, -0.2) is 13.1 Å². The lowest BCUT2D eigenvalue weighted by Gasteiger charge is -2.13. The molecule has 1 aromatic carbocycles. The molecule has 0 bridgehead atoms. The first-order valence-corrected chi connectivity index (χ1v) is 4.94. The first-order valence-electron chi connectivity index (χ1n) is 4.94. The topological polar surface area (TPSA) is 52.3 Å². The molecule has 0 saturated carbocycles. The third kappa shape index (κ3) is 3.83. The fraction of sp³-hybridized carbons (Fsp3) is 0.417. The van der Waals surface area contributed by atoms with Crippen LogP contribution in [0.2, 0.25) is 0 Å². The summed E-state index contributed by atoms with van der Waals surface area (Å²) in [5.41, 5.74) is 9.24. The summed E-state index contributed by atoms with van der Waals surface area (Å²) in [4.78, 5) is 11.1. The Morgan fingerprint density at radius 1 is 1.44 bits per heavy atom. The van der Waals surface area contributed by atoms with Gasteiger partial charge in [0.15, 0.2) is 0 Å². The second-order valence-electron chi connectivity index (χ2n) is 3.75. The van der Waals surface area contributed by atoms with E-state index < -0.39 is 0 Å². The summed E-state index contributed by atoms with van der Waals surface area (Å²) in [7, 11) is 1.37. The van der Waals surface area contributed by atoms with E-state index in [0.717, 1.165) is 11.1 Å². The summed E-state index contributed by atoms with van der Waals surface area (Å²) in [6, 6.07) is 5.75. The second kappa shape index (κ2) is 6.51. The Hall–Kier alpha value is -1.06. The third-order valence-corrected chi connectivity index (χ3v) is 2.44. The zero-order valence-corrected chi connectivity index (χ0v) is 10.6. The van der Waals surface area contributed by atoms with Crippen molar-refractivity contribution in [2.24, 2.45) is 5.73 Å². The zero-order chi connectivity index (χ0) is 11.4. The third-order valence-electron chi connectivity index (χ3n) is 2.44. The highest BCUT2D eigenvalue weighted by Crippen LogP contribution is 2.19. The molecule has 1 atom stereocenters. The Kier molecular flexibility index (Phi) is 6.08. The fourth-order valence-corrected chi connectivity index (χ4v) is 1.61. The molecule has 0 spiro atoms. The van der Waals surface area contributed by atoms with Crippen LogP contribution in [-0.2, 0) is 9.53 Å². The van der Waals surface area contributed by atoms with Gasteiger partial charge in [0.05, 0.1) is 13.5 Å². The summed E-state index contributed by atoms with van der Waals surface area (Å²) >= 11 is 0. The second-order valence-corrected chi connectivity index (χ2v) is 3.75. The molecule has 0 fully saturated rings. The molecule has 0 heterocycles. The Morgan fingerprint density at radius 2 is 2.06 bits per heavy atom. The summed E-state index contributed by atoms with van der Waals surface area (Å²) < 4.78 is 4.59. The smallest absolute Gasteiger partial charge is 0.307 e. The number of esters is 1. The van der Waals surface area contributed by atoms with Crippen LogP contribution in [0.4, 0.5) is 0 Å². The maximum atomic E-state index is 11.1. The van der Waals surface area contributed by atoms with Crippen LogP contribution in [0.1, 0.15) is 29.2 Å². The molecule has 90 valence electrons. The van der Waals surface area contributed by atoms with Gasteiger partial charge in [0.25, 0.3) is 0 Å². The summed E-state index contributed by atoms with van der Waals surface area (Å²) in [6.45, 7) is 4.03. The molecule has 0 amide bonds. The van der Waals surface area contributed by atoms with E-state index in [1.165, 1.54) is 12.7 Å². The van der Waals surface area contributed by atoms with E-state index in [9.17, 15) is 4.79 Å². The molecule has 1 aromatic rings. The molecule has 0 aromatic heterocycles. The molecule has 0 aliphatic heterocycles. The molecular weight excluding hydrogens is 226 g/mol. The molecule has 0 saturated heterocycles. The highest BCUT2D eigenvalue weighted by Gasteiger charge is 2.13. The molecule has 2 N–H and O–H groups in total. The number of methoxy groups -OCH3 is 1. The minimum Gasteiger partial charge on any atom is -0.469 e. The number of ether oxygens (including phenoxy) is 1. The van der Waals surface area contributed by atoms with Crippen LogP contribution < -0.4 is 5.73 Å². The van der Waals surface area contributed by atoms with Crippen molar-refractivity contribution in [1.82, 2.24) is 0 Å². The predicted molar refractivity (Wildman–Crippen MR) is 66.7 cm³/mol. The van der Waals surface area contributed by atoms with Crippen LogP contribution in [0.25, 0.3) is 0 Å². The first-order chi connectivity index (χ1) is 7.04. The maximum absolute atomic E-state index is 11.1. The zero-order valence-electron chi connectivity index (χ0n) is 9.82. The van der Waals surface area contributed by atoms with Gasteiger partial charge < -0.3 is 10.5 Å². The molecule has 3 nitrogen and oxygen atoms in total. The van der Waals surface area contributed by atoms with Crippen molar-refractivity contribution in [1.29, 1.82) is 0 Å². The summed E-state index contributed by atoms with van der Waals surface area (Å²) in [5, 5.41) is 0. The number of aryl methyl sites for hydroxylation is 2. The lowest BCUT2D eigenvalue weighted by Crippen LogP contribution is -2.17. The molecule has 1 rings (SSSR count). The molecular formula is C12H18ClNO2. The number of nitrogens with two attached hydrogens (primary N) is 1. The predicted octanol–water partition coefficient (Wildman–Crippen LogP) is 2.29. The average Bonchev–Trinajstić information content (AvgIpc) is 2.17. The van der Waals surface area contributed by atoms with Crippen molar-refractivity contribution in [3.63, 3.8) is 0 Å². The van der Waals surface area contributed by atoms with E-state index in [-0.39, 0.29) is 30.8 Å². The lowest BCUT2D eigenvalue weighted by atomic mass is 9.98. The Morgan fingerprint density at radius 3 is 2.56 bits per heavy atom. The van der Waals surface area contributed by atoms with Gasteiger partial charge in [0.2, 0.25) is 0 Å². The van der Waals surface area contributed by atoms with E-state index in [4.69, 9.17) is 5.73 Å². The number of hydrogen-bond acceptors (Lipinski definition) is 3. The van der Waals surface area contributed by atoms with Crippen LogP contribution >= 0.6 is 12.4 Å². The standard InChI is InChI=1S/C12H17NO2.ClH/c1-8-4-5-10(9(2)6-8)11(13)7-12(14)15-3;/h4-6,11H,7,13H2,1-3H3;1H. The highest BCUT2D eigenvalue weighted by atomic mass is 35.5. The van der Waals surface area contributed by atoms with E-state index in [1.54, 1.807) is 0 Å². The molecule has 4 heteroatoms. The van der Waals surface area contributed by atoms with Gasteiger partial charge in [-0.1, -0.05) is 23.8 Å². The number of carbonyl (C=O) groups is 1. The van der Waals surface area contributed by atoms with Crippen LogP contribution in [0.3, 0.4) is 0 Å². The number of benzene rings is 1. The van der Waals surface area contributed by atoms with Gasteiger partial charge in [0, 0.05) is 6.04 Å². The van der Waals surface area contributed by atoms with Gasteiger partial charge in [-0.3, -0.25) is 4.79 Å². The van der Waals surface area contributed by atoms with Crippen LogP contribution in [0.5, 0.6) is 0 Å². The van der Waals surface area contributed by atoms with Crippen molar-refractivity contribution in [2.75, 3.05) is 7.11 Å². The highest BCUT2D eigenvalue weighted by molar-refractivity contribution is 5.85. The normalized spacial score (nSPS) is 11.5. The van der Waals surface area contributed by atoms with Gasteiger partial charge in [-0.25, -0.2) is 0 Å². The first kappa shape index (κ1) is 14.9. The fourth-order valence-electron chi connectivity index (χ4n) is 1.61. The Labute approximate surface area is 102 Å². The molecule has 0 aliphatic carbocycles. The molecule has 1 unspecified atom stereocenters. The lowest BCUT2D eigenvalue weighted by molar-refractivity contribution is -0.141. The number of halogens is 1. The molecule has 0 aliphatic rings.